The van der Waals surface area contributed by atoms with Crippen LogP contribution in [0.5, 0.6) is 0 Å². The second-order valence-corrected chi connectivity index (χ2v) is 24.1. The second kappa shape index (κ2) is 9.68. The van der Waals surface area contributed by atoms with Crippen molar-refractivity contribution in [3.05, 3.63) is 95.6 Å². The standard InChI is InChI=1S/C26H23N2O.3CH3.Sn/c1-3-22(19-12-6-4-7-13-19)28-26(29)24-18(2)25(20-14-8-5-9-15-20)27-23-17-11-10-16-21(23)24;;;;/h4-9,11-17,22H,3H2,1-2H3,(H,28,29);3*1H3;/t22-;;;;/m0..../s1. The average molecular weight is 543 g/mol. The number of carbonyl (C=O) groups is 1. The van der Waals surface area contributed by atoms with E-state index < -0.39 is 18.4 Å². The predicted octanol–water partition coefficient (Wildman–Crippen LogP) is 6.64. The fourth-order valence-corrected chi connectivity index (χ4v) is 7.64. The SMILES string of the molecule is CC[C@H](NC(=O)c1c(C)c(-c2ccccc2)nc2cc[c]([Sn]([CH3])([CH3])[CH3])cc12)c1ccccc1. The number of nitrogens with zero attached hydrogens (tertiary/aromatic N) is 1. The van der Waals surface area contributed by atoms with Gasteiger partial charge >= 0.3 is 202 Å². The summed E-state index contributed by atoms with van der Waals surface area (Å²) in [5, 5.41) is 4.27. The molecule has 0 unspecified atom stereocenters. The first kappa shape index (κ1) is 23.5. The first-order chi connectivity index (χ1) is 15.8. The average Bonchev–Trinajstić information content (AvgIpc) is 2.82. The molecule has 0 aliphatic heterocycles. The summed E-state index contributed by atoms with van der Waals surface area (Å²) in [6.45, 7) is 4.14. The molecule has 0 spiro atoms. The number of benzene rings is 3. The Hall–Kier alpha value is -2.66. The van der Waals surface area contributed by atoms with Gasteiger partial charge in [0.1, 0.15) is 0 Å². The Morgan fingerprint density at radius 2 is 1.58 bits per heavy atom. The first-order valence-electron chi connectivity index (χ1n) is 11.7. The fraction of sp³-hybridized carbons (Fsp3) is 0.241. The number of hydrogen-bond acceptors (Lipinski definition) is 2. The maximum absolute atomic E-state index is 13.8. The van der Waals surface area contributed by atoms with Crippen LogP contribution in [0.4, 0.5) is 0 Å². The molecular formula is C29H32N2OSn. The molecule has 1 heterocycles. The van der Waals surface area contributed by atoms with Crippen LogP contribution in [-0.4, -0.2) is 29.3 Å². The van der Waals surface area contributed by atoms with Gasteiger partial charge in [-0.2, -0.15) is 0 Å². The minimum absolute atomic E-state index is 0.0333. The van der Waals surface area contributed by atoms with Crippen molar-refractivity contribution >= 4 is 38.8 Å². The van der Waals surface area contributed by atoms with E-state index in [0.717, 1.165) is 45.3 Å². The van der Waals surface area contributed by atoms with Crippen molar-refractivity contribution in [2.45, 2.75) is 41.1 Å². The van der Waals surface area contributed by atoms with Gasteiger partial charge < -0.3 is 0 Å². The van der Waals surface area contributed by atoms with Crippen molar-refractivity contribution in [3.63, 3.8) is 0 Å². The third-order valence-electron chi connectivity index (χ3n) is 6.28. The van der Waals surface area contributed by atoms with Crippen LogP contribution >= 0.6 is 0 Å². The molecule has 0 aliphatic carbocycles. The molecule has 4 rings (SSSR count). The zero-order chi connectivity index (χ0) is 23.6. The van der Waals surface area contributed by atoms with Crippen LogP contribution in [0.2, 0.25) is 14.8 Å². The zero-order valence-corrected chi connectivity index (χ0v) is 23.0. The van der Waals surface area contributed by atoms with Crippen LogP contribution in [-0.2, 0) is 0 Å². The van der Waals surface area contributed by atoms with Crippen molar-refractivity contribution in [1.29, 1.82) is 0 Å². The number of pyridine rings is 1. The summed E-state index contributed by atoms with van der Waals surface area (Å²) in [4.78, 5) is 26.1. The molecular weight excluding hydrogens is 511 g/mol. The topological polar surface area (TPSA) is 42.0 Å². The Kier molecular flexibility index (Phi) is 6.89. The van der Waals surface area contributed by atoms with E-state index >= 15 is 0 Å². The Labute approximate surface area is 201 Å². The Balaban J connectivity index is 1.89. The van der Waals surface area contributed by atoms with Crippen molar-refractivity contribution in [3.8, 4) is 11.3 Å². The summed E-state index contributed by atoms with van der Waals surface area (Å²) in [6.07, 6.45) is 0.826. The molecule has 3 nitrogen and oxygen atoms in total. The van der Waals surface area contributed by atoms with Gasteiger partial charge in [0.2, 0.25) is 0 Å². The zero-order valence-electron chi connectivity index (χ0n) is 20.1. The van der Waals surface area contributed by atoms with E-state index in [0.29, 0.717) is 0 Å². The van der Waals surface area contributed by atoms with Crippen molar-refractivity contribution in [2.24, 2.45) is 0 Å². The molecule has 1 atom stereocenters. The number of hydrogen-bond donors (Lipinski definition) is 1. The molecule has 0 bridgehead atoms. The van der Waals surface area contributed by atoms with Crippen LogP contribution in [0.3, 0.4) is 0 Å². The van der Waals surface area contributed by atoms with E-state index in [-0.39, 0.29) is 11.9 Å². The van der Waals surface area contributed by atoms with E-state index in [1.165, 1.54) is 3.58 Å². The third kappa shape index (κ3) is 4.98. The monoisotopic (exact) mass is 544 g/mol. The molecule has 0 saturated heterocycles. The third-order valence-corrected chi connectivity index (χ3v) is 12.1. The van der Waals surface area contributed by atoms with Crippen LogP contribution in [0.15, 0.2) is 78.9 Å². The van der Waals surface area contributed by atoms with E-state index in [1.54, 1.807) is 0 Å². The summed E-state index contributed by atoms with van der Waals surface area (Å²) in [6, 6.07) is 26.9. The fourth-order valence-electron chi connectivity index (χ4n) is 4.33. The number of fused-ring (bicyclic) bond motifs is 1. The predicted molar refractivity (Wildman–Crippen MR) is 142 cm³/mol. The maximum atomic E-state index is 13.8. The number of rotatable bonds is 6. The minimum atomic E-state index is -2.34. The summed E-state index contributed by atoms with van der Waals surface area (Å²) in [5.41, 5.74) is 5.56. The van der Waals surface area contributed by atoms with Gasteiger partial charge in [-0.05, 0) is 0 Å². The van der Waals surface area contributed by atoms with E-state index in [2.05, 4.69) is 69.5 Å². The summed E-state index contributed by atoms with van der Waals surface area (Å²) in [7, 11) is 0. The van der Waals surface area contributed by atoms with Crippen molar-refractivity contribution < 1.29 is 4.79 Å². The number of amides is 1. The molecule has 1 N–H and O–H groups in total. The molecule has 0 saturated carbocycles. The number of nitrogens with one attached hydrogen (secondary N) is 1. The van der Waals surface area contributed by atoms with Gasteiger partial charge in [-0.1, -0.05) is 0 Å². The first-order valence-corrected chi connectivity index (χ1v) is 21.6. The molecule has 0 radical (unpaired) electrons. The summed E-state index contributed by atoms with van der Waals surface area (Å²) >= 11 is -2.34. The summed E-state index contributed by atoms with van der Waals surface area (Å²) in [5.74, 6) is -0.0333. The van der Waals surface area contributed by atoms with Gasteiger partial charge in [0.05, 0.1) is 0 Å². The quantitative estimate of drug-likeness (QED) is 0.277. The normalized spacial score (nSPS) is 12.5. The van der Waals surface area contributed by atoms with Crippen LogP contribution in [0, 0.1) is 6.92 Å². The van der Waals surface area contributed by atoms with Gasteiger partial charge in [-0.15, -0.1) is 0 Å². The van der Waals surface area contributed by atoms with Gasteiger partial charge in [-0.3, -0.25) is 0 Å². The van der Waals surface area contributed by atoms with Gasteiger partial charge in [-0.25, -0.2) is 0 Å². The van der Waals surface area contributed by atoms with Crippen molar-refractivity contribution in [1.82, 2.24) is 10.3 Å². The van der Waals surface area contributed by atoms with E-state index in [4.69, 9.17) is 4.98 Å². The number of aromatic nitrogens is 1. The number of carbonyl (C=O) groups excluding carboxylic acids is 1. The summed E-state index contributed by atoms with van der Waals surface area (Å²) < 4.78 is 1.40. The Morgan fingerprint density at radius 3 is 2.18 bits per heavy atom. The molecule has 168 valence electrons. The molecule has 0 fully saturated rings. The van der Waals surface area contributed by atoms with E-state index in [1.807, 2.05) is 43.3 Å². The molecule has 0 aliphatic rings. The van der Waals surface area contributed by atoms with Crippen LogP contribution < -0.4 is 8.90 Å². The second-order valence-electron chi connectivity index (χ2n) is 9.65. The van der Waals surface area contributed by atoms with Gasteiger partial charge in [0.15, 0.2) is 0 Å². The molecule has 1 aromatic heterocycles. The van der Waals surface area contributed by atoms with Crippen LogP contribution in [0.25, 0.3) is 22.2 Å². The molecule has 4 aromatic rings. The Bertz CT molecular complexity index is 1280. The molecule has 4 heteroatoms. The Morgan fingerprint density at radius 1 is 0.939 bits per heavy atom. The van der Waals surface area contributed by atoms with Gasteiger partial charge in [0, 0.05) is 0 Å². The molecule has 33 heavy (non-hydrogen) atoms. The van der Waals surface area contributed by atoms with E-state index in [9.17, 15) is 4.79 Å². The van der Waals surface area contributed by atoms with Crippen LogP contribution in [0.1, 0.15) is 40.9 Å². The van der Waals surface area contributed by atoms with Gasteiger partial charge in [0.25, 0.3) is 0 Å². The molecule has 1 amide bonds. The molecule has 3 aromatic carbocycles. The van der Waals surface area contributed by atoms with Crippen molar-refractivity contribution in [2.75, 3.05) is 0 Å².